The van der Waals surface area contributed by atoms with Crippen molar-refractivity contribution in [3.63, 3.8) is 0 Å². The van der Waals surface area contributed by atoms with Gasteiger partial charge in [0.15, 0.2) is 5.78 Å². The Bertz CT molecular complexity index is 428. The first-order valence-corrected chi connectivity index (χ1v) is 7.50. The smallest absolute Gasteiger partial charge is 0.186 e. The van der Waals surface area contributed by atoms with E-state index in [9.17, 15) is 4.79 Å². The topological polar surface area (TPSA) is 38.1 Å². The predicted octanol–water partition coefficient (Wildman–Crippen LogP) is 2.74. The second kappa shape index (κ2) is 5.87. The van der Waals surface area contributed by atoms with E-state index in [1.54, 1.807) is 6.20 Å². The van der Waals surface area contributed by atoms with Gasteiger partial charge in [0.1, 0.15) is 0 Å². The molecule has 106 valence electrons. The first-order chi connectivity index (χ1) is 9.17. The molecule has 1 aromatic heterocycles. The molecule has 1 saturated heterocycles. The maximum atomic E-state index is 13.0. The molecule has 0 N–H and O–H groups in total. The fraction of sp³-hybridized carbons (Fsp3) is 0.733. The predicted molar refractivity (Wildman–Crippen MR) is 76.4 cm³/mol. The molecule has 0 radical (unpaired) electrons. The largest absolute Gasteiger partial charge is 0.292 e. The highest BCUT2D eigenvalue weighted by Crippen LogP contribution is 2.31. The number of nitrogens with zero attached hydrogens (tertiary/aromatic N) is 3. The second-order valence-corrected chi connectivity index (χ2v) is 5.35. The lowest BCUT2D eigenvalue weighted by Gasteiger charge is -2.39. The molecular formula is C15H25N3O. The molecule has 1 aliphatic rings. The van der Waals surface area contributed by atoms with Crippen molar-refractivity contribution in [3.05, 3.63) is 18.0 Å². The normalized spacial score (nSPS) is 17.0. The summed E-state index contributed by atoms with van der Waals surface area (Å²) in [5, 5.41) is 4.24. The fourth-order valence-electron chi connectivity index (χ4n) is 3.23. The van der Waals surface area contributed by atoms with Gasteiger partial charge in [-0.2, -0.15) is 5.10 Å². The number of hydrogen-bond donors (Lipinski definition) is 0. The van der Waals surface area contributed by atoms with Crippen molar-refractivity contribution in [2.45, 2.75) is 58.5 Å². The van der Waals surface area contributed by atoms with Gasteiger partial charge in [0, 0.05) is 12.7 Å². The van der Waals surface area contributed by atoms with E-state index in [-0.39, 0.29) is 11.3 Å². The van der Waals surface area contributed by atoms with Crippen molar-refractivity contribution in [2.75, 3.05) is 13.1 Å². The number of hydrogen-bond acceptors (Lipinski definition) is 3. The molecule has 4 nitrogen and oxygen atoms in total. The zero-order valence-corrected chi connectivity index (χ0v) is 12.4. The average Bonchev–Trinajstić information content (AvgIpc) is 3.12. The van der Waals surface area contributed by atoms with Crippen molar-refractivity contribution in [3.8, 4) is 0 Å². The van der Waals surface area contributed by atoms with Crippen LogP contribution in [-0.2, 0) is 6.54 Å². The summed E-state index contributed by atoms with van der Waals surface area (Å²) in [5.74, 6) is 0.249. The van der Waals surface area contributed by atoms with Crippen LogP contribution in [0.2, 0.25) is 0 Å². The number of Topliss-reactive ketones (excluding diaryl/α,β-unsaturated/α-hetero) is 1. The van der Waals surface area contributed by atoms with E-state index >= 15 is 0 Å². The summed E-state index contributed by atoms with van der Waals surface area (Å²) in [6.07, 6.45) is 7.78. The standard InChI is InChI=1S/C15H25N3O/c1-4-15(5-2,17-9-7-8-10-17)14(19)13-11-16-18(6-3)12-13/h11-12H,4-10H2,1-3H3. The van der Waals surface area contributed by atoms with E-state index < -0.39 is 0 Å². The summed E-state index contributed by atoms with van der Waals surface area (Å²) in [4.78, 5) is 15.3. The van der Waals surface area contributed by atoms with Crippen LogP contribution >= 0.6 is 0 Å². The number of carbonyl (C=O) groups excluding carboxylic acids is 1. The Kier molecular flexibility index (Phi) is 4.40. The maximum Gasteiger partial charge on any atom is 0.186 e. The lowest BCUT2D eigenvalue weighted by Crippen LogP contribution is -2.52. The van der Waals surface area contributed by atoms with Crippen LogP contribution in [0.1, 0.15) is 56.8 Å². The third-order valence-electron chi connectivity index (χ3n) is 4.52. The monoisotopic (exact) mass is 263 g/mol. The molecule has 2 heterocycles. The minimum Gasteiger partial charge on any atom is -0.292 e. The van der Waals surface area contributed by atoms with Crippen LogP contribution in [-0.4, -0.2) is 39.1 Å². The summed E-state index contributed by atoms with van der Waals surface area (Å²) >= 11 is 0. The van der Waals surface area contributed by atoms with Gasteiger partial charge in [-0.1, -0.05) is 13.8 Å². The van der Waals surface area contributed by atoms with Gasteiger partial charge in [-0.3, -0.25) is 14.4 Å². The molecule has 0 saturated carbocycles. The lowest BCUT2D eigenvalue weighted by molar-refractivity contribution is 0.0581. The molecule has 2 rings (SSSR count). The van der Waals surface area contributed by atoms with Crippen LogP contribution in [0.25, 0.3) is 0 Å². The van der Waals surface area contributed by atoms with E-state index in [0.29, 0.717) is 0 Å². The average molecular weight is 263 g/mol. The van der Waals surface area contributed by atoms with Crippen LogP contribution in [0.4, 0.5) is 0 Å². The van der Waals surface area contributed by atoms with Gasteiger partial charge in [-0.25, -0.2) is 0 Å². The molecule has 19 heavy (non-hydrogen) atoms. The third-order valence-corrected chi connectivity index (χ3v) is 4.52. The van der Waals surface area contributed by atoms with E-state index in [1.807, 2.05) is 17.8 Å². The Labute approximate surface area is 115 Å². The third kappa shape index (κ3) is 2.46. The quantitative estimate of drug-likeness (QED) is 0.741. The number of aryl methyl sites for hydroxylation is 1. The Morgan fingerprint density at radius 1 is 1.26 bits per heavy atom. The van der Waals surface area contributed by atoms with Gasteiger partial charge in [-0.15, -0.1) is 0 Å². The zero-order chi connectivity index (χ0) is 13.9. The molecular weight excluding hydrogens is 238 g/mol. The summed E-state index contributed by atoms with van der Waals surface area (Å²) < 4.78 is 1.83. The molecule has 0 spiro atoms. The molecule has 0 amide bonds. The first kappa shape index (κ1) is 14.3. The van der Waals surface area contributed by atoms with E-state index in [2.05, 4.69) is 23.8 Å². The number of rotatable bonds is 6. The maximum absolute atomic E-state index is 13.0. The van der Waals surface area contributed by atoms with Gasteiger partial charge in [0.2, 0.25) is 0 Å². The van der Waals surface area contributed by atoms with Crippen LogP contribution in [0, 0.1) is 0 Å². The molecule has 1 fully saturated rings. The fourth-order valence-corrected chi connectivity index (χ4v) is 3.23. The van der Waals surface area contributed by atoms with E-state index in [4.69, 9.17) is 0 Å². The van der Waals surface area contributed by atoms with Crippen LogP contribution < -0.4 is 0 Å². The highest BCUT2D eigenvalue weighted by Gasteiger charge is 2.42. The molecule has 0 aromatic carbocycles. The zero-order valence-electron chi connectivity index (χ0n) is 12.4. The first-order valence-electron chi connectivity index (χ1n) is 7.50. The van der Waals surface area contributed by atoms with Crippen LogP contribution in [0.15, 0.2) is 12.4 Å². The molecule has 0 atom stereocenters. The van der Waals surface area contributed by atoms with Crippen molar-refractivity contribution in [2.24, 2.45) is 0 Å². The SMILES string of the molecule is CCn1cc(C(=O)C(CC)(CC)N2CCCC2)cn1. The molecule has 1 aliphatic heterocycles. The lowest BCUT2D eigenvalue weighted by atomic mass is 9.83. The summed E-state index contributed by atoms with van der Waals surface area (Å²) in [5.41, 5.74) is 0.440. The molecule has 4 heteroatoms. The number of aromatic nitrogens is 2. The van der Waals surface area contributed by atoms with Gasteiger partial charge in [-0.05, 0) is 45.7 Å². The molecule has 1 aromatic rings. The number of ketones is 1. The van der Waals surface area contributed by atoms with Crippen molar-refractivity contribution in [1.29, 1.82) is 0 Å². The van der Waals surface area contributed by atoms with Crippen molar-refractivity contribution in [1.82, 2.24) is 14.7 Å². The molecule has 0 bridgehead atoms. The minimum absolute atomic E-state index is 0.249. The van der Waals surface area contributed by atoms with Crippen molar-refractivity contribution >= 4 is 5.78 Å². The molecule has 0 aliphatic carbocycles. The van der Waals surface area contributed by atoms with Gasteiger partial charge >= 0.3 is 0 Å². The van der Waals surface area contributed by atoms with Gasteiger partial charge in [0.25, 0.3) is 0 Å². The number of carbonyl (C=O) groups is 1. The van der Waals surface area contributed by atoms with Gasteiger partial charge in [0.05, 0.1) is 17.3 Å². The Morgan fingerprint density at radius 3 is 2.37 bits per heavy atom. The second-order valence-electron chi connectivity index (χ2n) is 5.35. The highest BCUT2D eigenvalue weighted by molar-refractivity contribution is 6.02. The van der Waals surface area contributed by atoms with Crippen molar-refractivity contribution < 1.29 is 4.79 Å². The highest BCUT2D eigenvalue weighted by atomic mass is 16.1. The Morgan fingerprint density at radius 2 is 1.89 bits per heavy atom. The summed E-state index contributed by atoms with van der Waals surface area (Å²) in [7, 11) is 0. The Balaban J connectivity index is 2.29. The Hall–Kier alpha value is -1.16. The molecule has 0 unspecified atom stereocenters. The van der Waals surface area contributed by atoms with Crippen LogP contribution in [0.3, 0.4) is 0 Å². The van der Waals surface area contributed by atoms with E-state index in [1.165, 1.54) is 12.8 Å². The summed E-state index contributed by atoms with van der Waals surface area (Å²) in [6, 6.07) is 0. The van der Waals surface area contributed by atoms with E-state index in [0.717, 1.165) is 38.0 Å². The number of likely N-dealkylation sites (tertiary alicyclic amines) is 1. The minimum atomic E-state index is -0.321. The van der Waals surface area contributed by atoms with Crippen LogP contribution in [0.5, 0.6) is 0 Å². The summed E-state index contributed by atoms with van der Waals surface area (Å²) in [6.45, 7) is 9.20. The van der Waals surface area contributed by atoms with Gasteiger partial charge < -0.3 is 0 Å².